The normalized spacial score (nSPS) is 16.7. The van der Waals surface area contributed by atoms with Crippen LogP contribution in [0.2, 0.25) is 0 Å². The first-order chi connectivity index (χ1) is 16.6. The second kappa shape index (κ2) is 8.69. The minimum atomic E-state index is 0.547. The summed E-state index contributed by atoms with van der Waals surface area (Å²) >= 11 is 0. The van der Waals surface area contributed by atoms with Gasteiger partial charge in [-0.3, -0.25) is 9.67 Å². The van der Waals surface area contributed by atoms with Gasteiger partial charge in [-0.15, -0.1) is 0 Å². The van der Waals surface area contributed by atoms with Crippen molar-refractivity contribution in [3.8, 4) is 11.1 Å². The number of rotatable bonds is 5. The summed E-state index contributed by atoms with van der Waals surface area (Å²) in [6.45, 7) is 2.29. The van der Waals surface area contributed by atoms with E-state index in [1.54, 1.807) is 0 Å². The van der Waals surface area contributed by atoms with Crippen LogP contribution in [0.15, 0.2) is 66.8 Å². The molecule has 2 aliphatic rings. The number of hydrogen-bond donors (Lipinski definition) is 1. The largest absolute Gasteiger partial charge is 0.340 e. The highest BCUT2D eigenvalue weighted by atomic mass is 15.2. The molecule has 6 nitrogen and oxygen atoms in total. The lowest BCUT2D eigenvalue weighted by Crippen LogP contribution is -2.29. The first-order valence-corrected chi connectivity index (χ1v) is 12.1. The molecule has 6 rings (SSSR count). The zero-order valence-corrected chi connectivity index (χ0v) is 19.8. The van der Waals surface area contributed by atoms with E-state index >= 15 is 0 Å². The number of nitrogens with one attached hydrogen (secondary N) is 1. The Morgan fingerprint density at radius 3 is 2.53 bits per heavy atom. The molecule has 172 valence electrons. The number of likely N-dealkylation sites (tertiary alicyclic amines) is 1. The van der Waals surface area contributed by atoms with Gasteiger partial charge in [-0.2, -0.15) is 5.10 Å². The molecule has 4 heterocycles. The Balaban J connectivity index is 1.29. The average Bonchev–Trinajstić information content (AvgIpc) is 3.62. The number of anilines is 1. The molecule has 0 radical (unpaired) electrons. The van der Waals surface area contributed by atoms with E-state index < -0.39 is 0 Å². The number of aromatic nitrogens is 4. The highest BCUT2D eigenvalue weighted by Crippen LogP contribution is 2.38. The van der Waals surface area contributed by atoms with Crippen LogP contribution in [0.3, 0.4) is 0 Å². The summed E-state index contributed by atoms with van der Waals surface area (Å²) in [6, 6.07) is 13.1. The lowest BCUT2D eigenvalue weighted by Gasteiger charge is -2.28. The van der Waals surface area contributed by atoms with Gasteiger partial charge in [0.05, 0.1) is 6.20 Å². The van der Waals surface area contributed by atoms with Crippen molar-refractivity contribution in [2.45, 2.75) is 31.6 Å². The molecule has 1 N–H and O–H groups in total. The van der Waals surface area contributed by atoms with Crippen molar-refractivity contribution in [2.75, 3.05) is 25.5 Å². The third-order valence-corrected chi connectivity index (χ3v) is 7.07. The minimum Gasteiger partial charge on any atom is -0.340 e. The Kier molecular flexibility index (Phi) is 5.38. The lowest BCUT2D eigenvalue weighted by molar-refractivity contribution is 0.253. The van der Waals surface area contributed by atoms with E-state index in [2.05, 4.69) is 58.8 Å². The van der Waals surface area contributed by atoms with Crippen LogP contribution in [0, 0.1) is 0 Å². The molecule has 1 aliphatic carbocycles. The number of piperidine rings is 1. The van der Waals surface area contributed by atoms with Gasteiger partial charge in [-0.1, -0.05) is 12.1 Å². The van der Waals surface area contributed by atoms with Crippen molar-refractivity contribution in [1.82, 2.24) is 24.6 Å². The maximum absolute atomic E-state index is 4.75. The summed E-state index contributed by atoms with van der Waals surface area (Å²) in [6.07, 6.45) is 12.5. The number of pyridine rings is 2. The molecular weight excluding hydrogens is 420 g/mol. The van der Waals surface area contributed by atoms with Crippen LogP contribution >= 0.6 is 0 Å². The molecule has 1 saturated heterocycles. The number of aryl methyl sites for hydroxylation is 1. The molecule has 34 heavy (non-hydrogen) atoms. The summed E-state index contributed by atoms with van der Waals surface area (Å²) in [5.74, 6) is 1.43. The topological polar surface area (TPSA) is 58.9 Å². The van der Waals surface area contributed by atoms with Gasteiger partial charge in [-0.05, 0) is 86.6 Å². The van der Waals surface area contributed by atoms with E-state index in [0.717, 1.165) is 48.3 Å². The predicted molar refractivity (Wildman–Crippen MR) is 137 cm³/mol. The fourth-order valence-corrected chi connectivity index (χ4v) is 4.90. The van der Waals surface area contributed by atoms with Crippen molar-refractivity contribution in [3.63, 3.8) is 0 Å². The molecule has 0 spiro atoms. The van der Waals surface area contributed by atoms with Crippen molar-refractivity contribution in [1.29, 1.82) is 0 Å². The van der Waals surface area contributed by atoms with Crippen LogP contribution in [-0.4, -0.2) is 44.8 Å². The predicted octanol–water partition coefficient (Wildman–Crippen LogP) is 5.46. The minimum absolute atomic E-state index is 0.547. The maximum atomic E-state index is 4.75. The van der Waals surface area contributed by atoms with Crippen molar-refractivity contribution < 1.29 is 0 Å². The van der Waals surface area contributed by atoms with Crippen LogP contribution in [0.5, 0.6) is 0 Å². The molecule has 1 aromatic carbocycles. The first kappa shape index (κ1) is 21.1. The molecule has 1 saturated carbocycles. The maximum Gasteiger partial charge on any atom is 0.130 e. The number of hydrogen-bond acceptors (Lipinski definition) is 5. The summed E-state index contributed by atoms with van der Waals surface area (Å²) in [5.41, 5.74) is 7.39. The molecule has 0 amide bonds. The third kappa shape index (κ3) is 4.33. The van der Waals surface area contributed by atoms with Crippen LogP contribution in [-0.2, 0) is 7.05 Å². The number of nitrogens with zero attached hydrogens (tertiary/aromatic N) is 5. The molecule has 0 bridgehead atoms. The third-order valence-electron chi connectivity index (χ3n) is 7.07. The molecule has 3 aromatic heterocycles. The highest BCUT2D eigenvalue weighted by Gasteiger charge is 2.23. The smallest absolute Gasteiger partial charge is 0.130 e. The van der Waals surface area contributed by atoms with Gasteiger partial charge in [0, 0.05) is 59.5 Å². The van der Waals surface area contributed by atoms with Crippen LogP contribution in [0.25, 0.3) is 27.6 Å². The van der Waals surface area contributed by atoms with Gasteiger partial charge in [0.25, 0.3) is 0 Å². The molecular formula is C28H30N6. The van der Waals surface area contributed by atoms with E-state index in [9.17, 15) is 0 Å². The zero-order valence-electron chi connectivity index (χ0n) is 19.8. The van der Waals surface area contributed by atoms with Crippen LogP contribution < -0.4 is 5.32 Å². The SMILES string of the molecule is CN1CCC(c2cc(C(Nc3cc4cc(-c5cnn(C)c5)ccc4cn3)=C3CC3)ccn2)CC1. The number of allylic oxidation sites excluding steroid dienone is 1. The molecule has 6 heteroatoms. The van der Waals surface area contributed by atoms with Crippen molar-refractivity contribution in [3.05, 3.63) is 78.0 Å². The Morgan fingerprint density at radius 2 is 1.76 bits per heavy atom. The van der Waals surface area contributed by atoms with Crippen molar-refractivity contribution in [2.24, 2.45) is 7.05 Å². The second-order valence-corrected chi connectivity index (χ2v) is 9.68. The highest BCUT2D eigenvalue weighted by molar-refractivity contribution is 5.90. The zero-order chi connectivity index (χ0) is 23.1. The van der Waals surface area contributed by atoms with Crippen LogP contribution in [0.1, 0.15) is 42.9 Å². The standard InChI is InChI=1S/C28H30N6/c1-33-11-8-19(9-12-33)26-14-22(7-10-29-26)28(20-3-4-20)32-27-15-24-13-21(5-6-23(24)16-30-27)25-17-31-34(2)18-25/h5-7,10,13-19H,3-4,8-9,11-12H2,1-2H3,(H,30,32). The average molecular weight is 451 g/mol. The van der Waals surface area contributed by atoms with E-state index in [1.807, 2.05) is 36.5 Å². The van der Waals surface area contributed by atoms with Gasteiger partial charge in [0.2, 0.25) is 0 Å². The van der Waals surface area contributed by atoms with E-state index in [4.69, 9.17) is 9.97 Å². The molecule has 4 aromatic rings. The van der Waals surface area contributed by atoms with E-state index in [0.29, 0.717) is 5.92 Å². The first-order valence-electron chi connectivity index (χ1n) is 12.1. The molecule has 0 atom stereocenters. The van der Waals surface area contributed by atoms with Gasteiger partial charge in [0.15, 0.2) is 0 Å². The Hall–Kier alpha value is -3.51. The van der Waals surface area contributed by atoms with E-state index in [-0.39, 0.29) is 0 Å². The monoisotopic (exact) mass is 450 g/mol. The second-order valence-electron chi connectivity index (χ2n) is 9.68. The fourth-order valence-electron chi connectivity index (χ4n) is 4.90. The van der Waals surface area contributed by atoms with E-state index in [1.165, 1.54) is 40.8 Å². The van der Waals surface area contributed by atoms with Gasteiger partial charge in [0.1, 0.15) is 5.82 Å². The Labute approximate surface area is 200 Å². The quantitative estimate of drug-likeness (QED) is 0.438. The van der Waals surface area contributed by atoms with Crippen molar-refractivity contribution >= 4 is 22.3 Å². The molecule has 0 unspecified atom stereocenters. The van der Waals surface area contributed by atoms with Gasteiger partial charge < -0.3 is 10.2 Å². The summed E-state index contributed by atoms with van der Waals surface area (Å²) in [7, 11) is 4.15. The summed E-state index contributed by atoms with van der Waals surface area (Å²) in [4.78, 5) is 11.9. The van der Waals surface area contributed by atoms with Gasteiger partial charge >= 0.3 is 0 Å². The lowest BCUT2D eigenvalue weighted by atomic mass is 9.92. The number of benzene rings is 1. The van der Waals surface area contributed by atoms with Crippen LogP contribution in [0.4, 0.5) is 5.82 Å². The Bertz CT molecular complexity index is 1370. The van der Waals surface area contributed by atoms with Gasteiger partial charge in [-0.25, -0.2) is 4.98 Å². The molecule has 1 aliphatic heterocycles. The Morgan fingerprint density at radius 1 is 0.912 bits per heavy atom. The summed E-state index contributed by atoms with van der Waals surface area (Å²) < 4.78 is 1.84. The molecule has 2 fully saturated rings. The number of fused-ring (bicyclic) bond motifs is 1. The summed E-state index contributed by atoms with van der Waals surface area (Å²) in [5, 5.41) is 10.3. The fraction of sp³-hybridized carbons (Fsp3) is 0.321.